The second kappa shape index (κ2) is 9.49. The first kappa shape index (κ1) is 23.0. The van der Waals surface area contributed by atoms with Crippen molar-refractivity contribution in [1.82, 2.24) is 10.0 Å². The van der Waals surface area contributed by atoms with E-state index >= 15 is 0 Å². The van der Waals surface area contributed by atoms with Crippen molar-refractivity contribution in [2.24, 2.45) is 5.14 Å². The van der Waals surface area contributed by atoms with E-state index in [4.69, 9.17) is 5.14 Å². The Labute approximate surface area is 171 Å². The van der Waals surface area contributed by atoms with Crippen LogP contribution in [-0.4, -0.2) is 35.8 Å². The summed E-state index contributed by atoms with van der Waals surface area (Å²) in [5, 5.41) is 7.75. The SMILES string of the molecule is Cc1ccc(C)c(S(=O)(=O)NCCC(=O)NCCc2ccc(S(N)(=O)=O)cc2)c1. The summed E-state index contributed by atoms with van der Waals surface area (Å²) in [5.41, 5.74) is 2.32. The van der Waals surface area contributed by atoms with Crippen LogP contribution < -0.4 is 15.2 Å². The number of nitrogens with two attached hydrogens (primary N) is 1. The molecule has 0 unspecified atom stereocenters. The molecule has 2 aromatic rings. The number of primary sulfonamides is 1. The number of rotatable bonds is 9. The topological polar surface area (TPSA) is 135 Å². The highest BCUT2D eigenvalue weighted by Crippen LogP contribution is 2.16. The Morgan fingerprint density at radius 1 is 0.966 bits per heavy atom. The van der Waals surface area contributed by atoms with Gasteiger partial charge in [-0.05, 0) is 55.2 Å². The minimum absolute atomic E-state index is 0.00838. The Morgan fingerprint density at radius 2 is 1.62 bits per heavy atom. The molecule has 0 radical (unpaired) electrons. The van der Waals surface area contributed by atoms with Crippen LogP contribution in [-0.2, 0) is 31.3 Å². The number of hydrogen-bond donors (Lipinski definition) is 3. The van der Waals surface area contributed by atoms with Crippen LogP contribution in [0.15, 0.2) is 52.3 Å². The molecule has 4 N–H and O–H groups in total. The Balaban J connectivity index is 1.78. The van der Waals surface area contributed by atoms with Crippen LogP contribution >= 0.6 is 0 Å². The minimum Gasteiger partial charge on any atom is -0.356 e. The van der Waals surface area contributed by atoms with Crippen molar-refractivity contribution in [3.05, 3.63) is 59.2 Å². The zero-order chi connectivity index (χ0) is 21.7. The van der Waals surface area contributed by atoms with Gasteiger partial charge in [-0.2, -0.15) is 0 Å². The van der Waals surface area contributed by atoms with E-state index in [-0.39, 0.29) is 28.7 Å². The number of hydrogen-bond acceptors (Lipinski definition) is 5. The zero-order valence-corrected chi connectivity index (χ0v) is 17.9. The summed E-state index contributed by atoms with van der Waals surface area (Å²) in [7, 11) is -7.41. The van der Waals surface area contributed by atoms with Crippen LogP contribution in [0.1, 0.15) is 23.1 Å². The molecular weight excluding hydrogens is 414 g/mol. The Kier molecular flexibility index (Phi) is 7.53. The van der Waals surface area contributed by atoms with Gasteiger partial charge in [-0.25, -0.2) is 26.7 Å². The zero-order valence-electron chi connectivity index (χ0n) is 16.3. The fourth-order valence-electron chi connectivity index (χ4n) is 2.65. The molecule has 0 aromatic heterocycles. The monoisotopic (exact) mass is 439 g/mol. The van der Waals surface area contributed by atoms with Crippen molar-refractivity contribution in [3.63, 3.8) is 0 Å². The van der Waals surface area contributed by atoms with Gasteiger partial charge in [0, 0.05) is 19.5 Å². The summed E-state index contributed by atoms with van der Waals surface area (Å²) in [5.74, 6) is -0.283. The van der Waals surface area contributed by atoms with Crippen LogP contribution in [0.5, 0.6) is 0 Å². The van der Waals surface area contributed by atoms with Crippen molar-refractivity contribution in [3.8, 4) is 0 Å². The van der Waals surface area contributed by atoms with Crippen molar-refractivity contribution >= 4 is 26.0 Å². The van der Waals surface area contributed by atoms with Gasteiger partial charge in [0.1, 0.15) is 0 Å². The second-order valence-electron chi connectivity index (χ2n) is 6.71. The molecule has 0 fully saturated rings. The molecule has 10 heteroatoms. The van der Waals surface area contributed by atoms with Crippen LogP contribution in [0.2, 0.25) is 0 Å². The van der Waals surface area contributed by atoms with E-state index in [9.17, 15) is 21.6 Å². The average molecular weight is 440 g/mol. The van der Waals surface area contributed by atoms with E-state index in [1.54, 1.807) is 31.2 Å². The molecule has 0 spiro atoms. The largest absolute Gasteiger partial charge is 0.356 e. The number of amides is 1. The van der Waals surface area contributed by atoms with Gasteiger partial charge in [-0.15, -0.1) is 0 Å². The predicted molar refractivity (Wildman–Crippen MR) is 110 cm³/mol. The average Bonchev–Trinajstić information content (AvgIpc) is 2.63. The lowest BCUT2D eigenvalue weighted by atomic mass is 10.1. The predicted octanol–water partition coefficient (Wildman–Crippen LogP) is 0.978. The van der Waals surface area contributed by atoms with Crippen molar-refractivity contribution in [2.75, 3.05) is 13.1 Å². The van der Waals surface area contributed by atoms with Crippen molar-refractivity contribution in [2.45, 2.75) is 36.5 Å². The Hall–Kier alpha value is -2.27. The van der Waals surface area contributed by atoms with Gasteiger partial charge in [0.25, 0.3) is 0 Å². The molecule has 0 atom stereocenters. The molecule has 0 saturated carbocycles. The van der Waals surface area contributed by atoms with Gasteiger partial charge >= 0.3 is 0 Å². The maximum Gasteiger partial charge on any atom is 0.240 e. The number of benzene rings is 2. The van der Waals surface area contributed by atoms with E-state index in [0.29, 0.717) is 18.5 Å². The molecule has 2 rings (SSSR count). The molecule has 0 aliphatic carbocycles. The van der Waals surface area contributed by atoms with Crippen LogP contribution in [0.25, 0.3) is 0 Å². The van der Waals surface area contributed by atoms with E-state index in [0.717, 1.165) is 11.1 Å². The summed E-state index contributed by atoms with van der Waals surface area (Å²) < 4.78 is 49.7. The third-order valence-electron chi connectivity index (χ3n) is 4.27. The quantitative estimate of drug-likeness (QED) is 0.535. The second-order valence-corrected chi connectivity index (χ2v) is 10.0. The lowest BCUT2D eigenvalue weighted by Gasteiger charge is -2.10. The Bertz CT molecular complexity index is 1080. The molecule has 0 bridgehead atoms. The van der Waals surface area contributed by atoms with Gasteiger partial charge in [0.15, 0.2) is 0 Å². The maximum atomic E-state index is 12.4. The van der Waals surface area contributed by atoms with Crippen LogP contribution in [0, 0.1) is 13.8 Å². The van der Waals surface area contributed by atoms with E-state index < -0.39 is 20.0 Å². The highest BCUT2D eigenvalue weighted by atomic mass is 32.2. The first-order valence-electron chi connectivity index (χ1n) is 8.94. The van der Waals surface area contributed by atoms with Crippen LogP contribution in [0.3, 0.4) is 0 Å². The fourth-order valence-corrected chi connectivity index (χ4v) is 4.53. The van der Waals surface area contributed by atoms with E-state index in [2.05, 4.69) is 10.0 Å². The molecule has 0 aliphatic heterocycles. The molecular formula is C19H25N3O5S2. The summed E-state index contributed by atoms with van der Waals surface area (Å²) >= 11 is 0. The molecule has 0 saturated heterocycles. The third kappa shape index (κ3) is 6.93. The minimum atomic E-state index is -3.73. The first-order valence-corrected chi connectivity index (χ1v) is 12.0. The molecule has 29 heavy (non-hydrogen) atoms. The highest BCUT2D eigenvalue weighted by molar-refractivity contribution is 7.89. The summed E-state index contributed by atoms with van der Waals surface area (Å²) in [4.78, 5) is 12.2. The summed E-state index contributed by atoms with van der Waals surface area (Å²) in [6, 6.07) is 11.3. The van der Waals surface area contributed by atoms with Gasteiger partial charge in [0.05, 0.1) is 9.79 Å². The molecule has 2 aromatic carbocycles. The maximum absolute atomic E-state index is 12.4. The molecule has 0 aliphatic rings. The normalized spacial score (nSPS) is 12.0. The first-order chi connectivity index (χ1) is 13.5. The van der Waals surface area contributed by atoms with Gasteiger partial charge in [-0.3, -0.25) is 4.79 Å². The van der Waals surface area contributed by atoms with Crippen molar-refractivity contribution < 1.29 is 21.6 Å². The Morgan fingerprint density at radius 3 is 2.24 bits per heavy atom. The number of carbonyl (C=O) groups excluding carboxylic acids is 1. The smallest absolute Gasteiger partial charge is 0.240 e. The van der Waals surface area contributed by atoms with E-state index in [1.165, 1.54) is 12.1 Å². The lowest BCUT2D eigenvalue weighted by molar-refractivity contribution is -0.120. The van der Waals surface area contributed by atoms with E-state index in [1.807, 2.05) is 13.0 Å². The van der Waals surface area contributed by atoms with Gasteiger partial charge in [-0.1, -0.05) is 24.3 Å². The highest BCUT2D eigenvalue weighted by Gasteiger charge is 2.17. The molecule has 8 nitrogen and oxygen atoms in total. The summed E-state index contributed by atoms with van der Waals surface area (Å²) in [6.07, 6.45) is 0.513. The molecule has 1 amide bonds. The van der Waals surface area contributed by atoms with Gasteiger partial charge < -0.3 is 5.32 Å². The summed E-state index contributed by atoms with van der Waals surface area (Å²) in [6.45, 7) is 3.87. The molecule has 158 valence electrons. The number of sulfonamides is 2. The molecule has 0 heterocycles. The third-order valence-corrected chi connectivity index (χ3v) is 6.80. The number of nitrogens with one attached hydrogen (secondary N) is 2. The lowest BCUT2D eigenvalue weighted by Crippen LogP contribution is -2.32. The fraction of sp³-hybridized carbons (Fsp3) is 0.316. The number of aryl methyl sites for hydroxylation is 2. The standard InChI is InChI=1S/C19H25N3O5S2/c1-14-3-4-15(2)18(13-14)29(26,27)22-12-10-19(23)21-11-9-16-5-7-17(8-6-16)28(20,24)25/h3-8,13,22H,9-12H2,1-2H3,(H,21,23)(H2,20,24,25). The van der Waals surface area contributed by atoms with Crippen LogP contribution in [0.4, 0.5) is 0 Å². The van der Waals surface area contributed by atoms with Gasteiger partial charge in [0.2, 0.25) is 26.0 Å². The van der Waals surface area contributed by atoms with Crippen molar-refractivity contribution in [1.29, 1.82) is 0 Å². The number of carbonyl (C=O) groups is 1.